The van der Waals surface area contributed by atoms with Gasteiger partial charge < -0.3 is 23.7 Å². The molecule has 0 N–H and O–H groups in total. The number of carbonyl (C=O) groups is 3. The largest absolute Gasteiger partial charge is 0.459 e. The molecule has 1 fully saturated rings. The summed E-state index contributed by atoms with van der Waals surface area (Å²) in [4.78, 5) is 37.7. The fraction of sp³-hybridized carbons (Fsp3) is 0.250. The summed E-state index contributed by atoms with van der Waals surface area (Å²) in [6, 6.07) is 25.5. The maximum Gasteiger partial charge on any atom is 0.338 e. The number of methoxy groups -OCH3 is 1. The lowest BCUT2D eigenvalue weighted by atomic mass is 10.1. The first kappa shape index (κ1) is 25.1. The van der Waals surface area contributed by atoms with Crippen LogP contribution in [0.4, 0.5) is 0 Å². The molecule has 0 aromatic heterocycles. The summed E-state index contributed by atoms with van der Waals surface area (Å²) in [6.07, 6.45) is -1.60. The van der Waals surface area contributed by atoms with Crippen LogP contribution in [0.15, 0.2) is 91.0 Å². The molecule has 0 amide bonds. The Morgan fingerprint density at radius 3 is 1.72 bits per heavy atom. The van der Waals surface area contributed by atoms with Crippen molar-refractivity contribution >= 4 is 17.9 Å². The minimum absolute atomic E-state index is 0.0672. The van der Waals surface area contributed by atoms with Crippen LogP contribution in [0, 0.1) is 0 Å². The fourth-order valence-electron chi connectivity index (χ4n) is 3.81. The van der Waals surface area contributed by atoms with Crippen LogP contribution in [-0.4, -0.2) is 56.2 Å². The van der Waals surface area contributed by atoms with Gasteiger partial charge in [0.05, 0.1) is 16.7 Å². The number of benzene rings is 3. The molecule has 186 valence electrons. The van der Waals surface area contributed by atoms with Gasteiger partial charge in [-0.2, -0.15) is 0 Å². The van der Waals surface area contributed by atoms with Crippen molar-refractivity contribution in [1.29, 1.82) is 0 Å². The van der Waals surface area contributed by atoms with E-state index < -0.39 is 35.9 Å². The first-order valence-electron chi connectivity index (χ1n) is 11.4. The zero-order chi connectivity index (χ0) is 25.4. The van der Waals surface area contributed by atoms with Crippen molar-refractivity contribution in [3.8, 4) is 0 Å². The van der Waals surface area contributed by atoms with Crippen molar-refractivity contribution in [3.63, 3.8) is 0 Å². The smallest absolute Gasteiger partial charge is 0.338 e. The van der Waals surface area contributed by atoms with Crippen LogP contribution >= 0.6 is 0 Å². The van der Waals surface area contributed by atoms with E-state index in [1.54, 1.807) is 91.0 Å². The third kappa shape index (κ3) is 6.16. The standard InChI is InChI=1S/C28H26O8/c1-32-28(19-34-26(30)21-13-7-3-8-14-21)17-23(35-27(31)22-15-9-4-10-16-22)24(36-28)18-33-25(29)20-11-5-2-6-12-20/h2-16,23-24H,17-19H2,1H3/t23-,24+,28?/m0/s1. The molecule has 0 radical (unpaired) electrons. The van der Waals surface area contributed by atoms with E-state index in [4.69, 9.17) is 23.7 Å². The minimum Gasteiger partial charge on any atom is -0.459 e. The van der Waals surface area contributed by atoms with Crippen molar-refractivity contribution in [2.45, 2.75) is 24.4 Å². The van der Waals surface area contributed by atoms with E-state index in [1.165, 1.54) is 7.11 Å². The van der Waals surface area contributed by atoms with Gasteiger partial charge in [-0.05, 0) is 36.4 Å². The molecule has 0 aliphatic carbocycles. The van der Waals surface area contributed by atoms with Crippen molar-refractivity contribution in [2.24, 2.45) is 0 Å². The maximum absolute atomic E-state index is 12.7. The summed E-state index contributed by atoms with van der Waals surface area (Å²) < 4.78 is 28.3. The molecule has 1 unspecified atom stereocenters. The molecule has 0 bridgehead atoms. The van der Waals surface area contributed by atoms with Crippen molar-refractivity contribution in [2.75, 3.05) is 20.3 Å². The van der Waals surface area contributed by atoms with Gasteiger partial charge in [0.2, 0.25) is 5.79 Å². The maximum atomic E-state index is 12.7. The second kappa shape index (κ2) is 11.6. The number of ether oxygens (including phenoxy) is 5. The molecular weight excluding hydrogens is 464 g/mol. The molecule has 3 aromatic rings. The Bertz CT molecular complexity index is 1170. The van der Waals surface area contributed by atoms with E-state index in [0.717, 1.165) is 0 Å². The summed E-state index contributed by atoms with van der Waals surface area (Å²) >= 11 is 0. The van der Waals surface area contributed by atoms with E-state index in [9.17, 15) is 14.4 Å². The number of rotatable bonds is 9. The van der Waals surface area contributed by atoms with Crippen molar-refractivity contribution < 1.29 is 38.1 Å². The summed E-state index contributed by atoms with van der Waals surface area (Å²) in [5.41, 5.74) is 1.12. The Balaban J connectivity index is 1.47. The van der Waals surface area contributed by atoms with Crippen molar-refractivity contribution in [1.82, 2.24) is 0 Å². The highest BCUT2D eigenvalue weighted by Gasteiger charge is 2.50. The second-order valence-electron chi connectivity index (χ2n) is 8.19. The van der Waals surface area contributed by atoms with Gasteiger partial charge in [0.15, 0.2) is 0 Å². The predicted molar refractivity (Wildman–Crippen MR) is 128 cm³/mol. The van der Waals surface area contributed by atoms with Gasteiger partial charge >= 0.3 is 17.9 Å². The highest BCUT2D eigenvalue weighted by atomic mass is 16.7. The van der Waals surface area contributed by atoms with Crippen LogP contribution in [0.5, 0.6) is 0 Å². The van der Waals surface area contributed by atoms with Gasteiger partial charge in [-0.25, -0.2) is 14.4 Å². The molecule has 1 aliphatic rings. The molecular formula is C28H26O8. The molecule has 1 saturated heterocycles. The van der Waals surface area contributed by atoms with E-state index in [-0.39, 0.29) is 19.6 Å². The third-order valence-electron chi connectivity index (χ3n) is 5.75. The van der Waals surface area contributed by atoms with Crippen LogP contribution in [0.1, 0.15) is 37.5 Å². The first-order valence-corrected chi connectivity index (χ1v) is 11.4. The topological polar surface area (TPSA) is 97.4 Å². The summed E-state index contributed by atoms with van der Waals surface area (Å²) in [6.45, 7) is -0.446. The molecule has 1 aliphatic heterocycles. The molecule has 36 heavy (non-hydrogen) atoms. The third-order valence-corrected chi connectivity index (χ3v) is 5.75. The summed E-state index contributed by atoms with van der Waals surface area (Å²) in [5.74, 6) is -3.04. The number of esters is 3. The van der Waals surface area contributed by atoms with Gasteiger partial charge in [0.1, 0.15) is 25.4 Å². The Labute approximate surface area is 208 Å². The van der Waals surface area contributed by atoms with E-state index >= 15 is 0 Å². The SMILES string of the molecule is COC1(COC(=O)c2ccccc2)C[C@H](OC(=O)c2ccccc2)[C@@H](COC(=O)c2ccccc2)O1. The molecule has 1 heterocycles. The molecule has 4 rings (SSSR count). The van der Waals surface area contributed by atoms with E-state index in [0.29, 0.717) is 16.7 Å². The average Bonchev–Trinajstić information content (AvgIpc) is 3.29. The highest BCUT2D eigenvalue weighted by Crippen LogP contribution is 2.35. The lowest BCUT2D eigenvalue weighted by Gasteiger charge is -2.26. The monoisotopic (exact) mass is 490 g/mol. The zero-order valence-electron chi connectivity index (χ0n) is 19.7. The van der Waals surface area contributed by atoms with Gasteiger partial charge in [-0.1, -0.05) is 54.6 Å². The van der Waals surface area contributed by atoms with Gasteiger partial charge in [0.25, 0.3) is 0 Å². The molecule has 8 nitrogen and oxygen atoms in total. The summed E-state index contributed by atoms with van der Waals surface area (Å²) in [5, 5.41) is 0. The Kier molecular flexibility index (Phi) is 8.10. The predicted octanol–water partition coefficient (Wildman–Crippen LogP) is 4.06. The van der Waals surface area contributed by atoms with Gasteiger partial charge in [0, 0.05) is 13.5 Å². The Morgan fingerprint density at radius 2 is 1.22 bits per heavy atom. The zero-order valence-corrected chi connectivity index (χ0v) is 19.7. The number of carbonyl (C=O) groups excluding carboxylic acids is 3. The molecule has 3 atom stereocenters. The normalized spacial score (nSPS) is 20.9. The Morgan fingerprint density at radius 1 is 0.750 bits per heavy atom. The highest BCUT2D eigenvalue weighted by molar-refractivity contribution is 5.90. The quantitative estimate of drug-likeness (QED) is 0.327. The molecule has 0 spiro atoms. The van der Waals surface area contributed by atoms with Crippen LogP contribution in [0.3, 0.4) is 0 Å². The minimum atomic E-state index is -1.39. The average molecular weight is 491 g/mol. The second-order valence-corrected chi connectivity index (χ2v) is 8.19. The fourth-order valence-corrected chi connectivity index (χ4v) is 3.81. The van der Waals surface area contributed by atoms with Gasteiger partial charge in [-0.3, -0.25) is 0 Å². The van der Waals surface area contributed by atoms with E-state index in [1.807, 2.05) is 0 Å². The molecule has 8 heteroatoms. The number of hydrogen-bond acceptors (Lipinski definition) is 8. The van der Waals surface area contributed by atoms with Crippen molar-refractivity contribution in [3.05, 3.63) is 108 Å². The lowest BCUT2D eigenvalue weighted by molar-refractivity contribution is -0.234. The van der Waals surface area contributed by atoms with E-state index in [2.05, 4.69) is 0 Å². The first-order chi connectivity index (χ1) is 17.5. The van der Waals surface area contributed by atoms with Crippen LogP contribution in [0.2, 0.25) is 0 Å². The summed E-state index contributed by atoms with van der Waals surface area (Å²) in [7, 11) is 1.41. The van der Waals surface area contributed by atoms with Gasteiger partial charge in [-0.15, -0.1) is 0 Å². The Hall–Kier alpha value is -4.01. The molecule has 0 saturated carbocycles. The molecule has 3 aromatic carbocycles. The lowest BCUT2D eigenvalue weighted by Crippen LogP contribution is -2.38. The van der Waals surface area contributed by atoms with Crippen LogP contribution < -0.4 is 0 Å². The van der Waals surface area contributed by atoms with Crippen LogP contribution in [-0.2, 0) is 23.7 Å². The number of hydrogen-bond donors (Lipinski definition) is 0. The van der Waals surface area contributed by atoms with Crippen LogP contribution in [0.25, 0.3) is 0 Å².